The number of anilines is 1. The first-order valence-electron chi connectivity index (χ1n) is 13.4. The summed E-state index contributed by atoms with van der Waals surface area (Å²) in [4.78, 5) is 39.7. The van der Waals surface area contributed by atoms with Crippen molar-refractivity contribution in [3.8, 4) is 0 Å². The average Bonchev–Trinajstić information content (AvgIpc) is 3.55. The Labute approximate surface area is 250 Å². The van der Waals surface area contributed by atoms with Gasteiger partial charge in [0.1, 0.15) is 5.76 Å². The van der Waals surface area contributed by atoms with E-state index in [1.807, 2.05) is 85.7 Å². The fourth-order valence-electron chi connectivity index (χ4n) is 4.92. The van der Waals surface area contributed by atoms with Crippen molar-refractivity contribution in [2.24, 2.45) is 4.99 Å². The Morgan fingerprint density at radius 3 is 2.67 bits per heavy atom. The van der Waals surface area contributed by atoms with Gasteiger partial charge in [-0.15, -0.1) is 0 Å². The second-order valence-electron chi connectivity index (χ2n) is 9.88. The first-order valence-corrected chi connectivity index (χ1v) is 15.1. The molecule has 42 heavy (non-hydrogen) atoms. The van der Waals surface area contributed by atoms with Crippen molar-refractivity contribution in [1.82, 2.24) is 9.55 Å². The highest BCUT2D eigenvalue weighted by Gasteiger charge is 2.33. The second-order valence-corrected chi connectivity index (χ2v) is 11.9. The number of ether oxygens (including phenoxy) is 1. The molecule has 1 aliphatic rings. The van der Waals surface area contributed by atoms with E-state index in [1.165, 1.54) is 23.1 Å². The molecule has 3 aromatic heterocycles. The van der Waals surface area contributed by atoms with Crippen LogP contribution < -0.4 is 19.8 Å². The maximum absolute atomic E-state index is 13.9. The topological polar surface area (TPSA) is 89.9 Å². The highest BCUT2D eigenvalue weighted by molar-refractivity contribution is 7.99. The molecule has 0 amide bonds. The monoisotopic (exact) mass is 596 g/mol. The molecule has 1 aliphatic heterocycles. The fraction of sp³-hybridized carbons (Fsp3) is 0.188. The number of thiazole rings is 1. The van der Waals surface area contributed by atoms with Crippen LogP contribution in [0, 0.1) is 0 Å². The molecule has 5 aromatic rings. The number of hydrogen-bond donors (Lipinski definition) is 0. The summed E-state index contributed by atoms with van der Waals surface area (Å²) < 4.78 is 13.5. The Morgan fingerprint density at radius 2 is 1.90 bits per heavy atom. The number of rotatable bonds is 7. The molecule has 8 nitrogen and oxygen atoms in total. The van der Waals surface area contributed by atoms with Gasteiger partial charge < -0.3 is 14.1 Å². The highest BCUT2D eigenvalue weighted by Crippen LogP contribution is 2.34. The van der Waals surface area contributed by atoms with Gasteiger partial charge >= 0.3 is 5.97 Å². The normalized spacial score (nSPS) is 15.0. The lowest BCUT2D eigenvalue weighted by Crippen LogP contribution is -2.39. The Morgan fingerprint density at radius 1 is 1.12 bits per heavy atom. The molecule has 6 rings (SSSR count). The Hall–Kier alpha value is -4.41. The van der Waals surface area contributed by atoms with Crippen LogP contribution in [0.1, 0.15) is 31.2 Å². The van der Waals surface area contributed by atoms with Crippen LogP contribution in [0.5, 0.6) is 0 Å². The van der Waals surface area contributed by atoms with Gasteiger partial charge in [-0.25, -0.2) is 9.79 Å². The van der Waals surface area contributed by atoms with Gasteiger partial charge in [-0.05, 0) is 67.6 Å². The van der Waals surface area contributed by atoms with Crippen LogP contribution in [0.4, 0.5) is 5.69 Å². The predicted molar refractivity (Wildman–Crippen MR) is 166 cm³/mol. The molecule has 0 fully saturated rings. The molecule has 4 heterocycles. The lowest BCUT2D eigenvalue weighted by molar-refractivity contribution is -0.139. The third-order valence-electron chi connectivity index (χ3n) is 6.92. The van der Waals surface area contributed by atoms with E-state index in [9.17, 15) is 9.59 Å². The van der Waals surface area contributed by atoms with E-state index in [-0.39, 0.29) is 12.2 Å². The molecule has 212 valence electrons. The van der Waals surface area contributed by atoms with E-state index in [0.29, 0.717) is 31.5 Å². The second kappa shape index (κ2) is 11.5. The number of furan rings is 1. The molecule has 0 spiro atoms. The molecular formula is C32H28N4O4S2. The summed E-state index contributed by atoms with van der Waals surface area (Å²) >= 11 is 2.75. The first kappa shape index (κ1) is 27.7. The molecule has 10 heteroatoms. The van der Waals surface area contributed by atoms with Gasteiger partial charge in [0.25, 0.3) is 5.56 Å². The maximum atomic E-state index is 13.9. The molecular weight excluding hydrogens is 569 g/mol. The number of allylic oxidation sites excluding steroid dienone is 1. The number of para-hydroxylation sites is 1. The van der Waals surface area contributed by atoms with E-state index in [0.717, 1.165) is 27.0 Å². The van der Waals surface area contributed by atoms with Crippen LogP contribution in [0.15, 0.2) is 108 Å². The van der Waals surface area contributed by atoms with Gasteiger partial charge in [0.05, 0.1) is 34.0 Å². The van der Waals surface area contributed by atoms with E-state index < -0.39 is 12.0 Å². The summed E-state index contributed by atoms with van der Waals surface area (Å²) in [5.41, 5.74) is 3.35. The lowest BCUT2D eigenvalue weighted by Gasteiger charge is -2.25. The minimum absolute atomic E-state index is 0.222. The number of carbonyl (C=O) groups is 1. The third kappa shape index (κ3) is 5.19. The van der Waals surface area contributed by atoms with E-state index >= 15 is 0 Å². The zero-order valence-electron chi connectivity index (χ0n) is 23.5. The van der Waals surface area contributed by atoms with Crippen LogP contribution in [-0.4, -0.2) is 36.2 Å². The molecule has 0 N–H and O–H groups in total. The van der Waals surface area contributed by atoms with Crippen molar-refractivity contribution < 1.29 is 13.9 Å². The SMILES string of the molecule is CCOC(=O)C1=C(C)N=c2s/c(=C\c3ccc(Sc4cccc5cccnc45)o3)c(=O)n2[C@@H]1c1ccc(N(C)C)cc1. The van der Waals surface area contributed by atoms with Crippen LogP contribution in [0.2, 0.25) is 0 Å². The third-order valence-corrected chi connectivity index (χ3v) is 8.88. The zero-order chi connectivity index (χ0) is 29.4. The zero-order valence-corrected chi connectivity index (χ0v) is 25.2. The largest absolute Gasteiger partial charge is 0.463 e. The quantitative estimate of drug-likeness (QED) is 0.240. The minimum Gasteiger partial charge on any atom is -0.463 e. The summed E-state index contributed by atoms with van der Waals surface area (Å²) in [6.45, 7) is 3.76. The van der Waals surface area contributed by atoms with Crippen LogP contribution in [0.3, 0.4) is 0 Å². The fourth-order valence-corrected chi connectivity index (χ4v) is 6.86. The summed E-state index contributed by atoms with van der Waals surface area (Å²) in [6, 6.07) is 20.8. The summed E-state index contributed by atoms with van der Waals surface area (Å²) in [5.74, 6) is 0.0644. The van der Waals surface area contributed by atoms with Gasteiger partial charge in [0.15, 0.2) is 9.89 Å². The lowest BCUT2D eigenvalue weighted by atomic mass is 9.95. The molecule has 2 aromatic carbocycles. The van der Waals surface area contributed by atoms with Gasteiger partial charge in [0.2, 0.25) is 0 Å². The van der Waals surface area contributed by atoms with E-state index in [1.54, 1.807) is 30.7 Å². The van der Waals surface area contributed by atoms with E-state index in [2.05, 4.69) is 9.98 Å². The van der Waals surface area contributed by atoms with Crippen LogP contribution in [-0.2, 0) is 9.53 Å². The molecule has 0 bridgehead atoms. The van der Waals surface area contributed by atoms with Gasteiger partial charge in [-0.1, -0.05) is 41.7 Å². The van der Waals surface area contributed by atoms with Crippen molar-refractivity contribution in [1.29, 1.82) is 0 Å². The Kier molecular flexibility index (Phi) is 7.57. The smallest absolute Gasteiger partial charge is 0.338 e. The highest BCUT2D eigenvalue weighted by atomic mass is 32.2. The van der Waals surface area contributed by atoms with Crippen molar-refractivity contribution in [3.05, 3.63) is 115 Å². The number of esters is 1. The summed E-state index contributed by atoms with van der Waals surface area (Å²) in [6.07, 6.45) is 3.50. The molecule has 0 saturated heterocycles. The molecule has 0 saturated carbocycles. The summed E-state index contributed by atoms with van der Waals surface area (Å²) in [7, 11) is 3.92. The molecule has 1 atom stereocenters. The van der Waals surface area contributed by atoms with Gasteiger partial charge in [-0.3, -0.25) is 14.3 Å². The van der Waals surface area contributed by atoms with Crippen molar-refractivity contribution in [3.63, 3.8) is 0 Å². The maximum Gasteiger partial charge on any atom is 0.338 e. The van der Waals surface area contributed by atoms with Crippen LogP contribution >= 0.6 is 23.1 Å². The van der Waals surface area contributed by atoms with Gasteiger partial charge in [-0.2, -0.15) is 0 Å². The number of pyridine rings is 1. The molecule has 0 aliphatic carbocycles. The van der Waals surface area contributed by atoms with Crippen LogP contribution in [0.25, 0.3) is 17.0 Å². The average molecular weight is 597 g/mol. The number of hydrogen-bond acceptors (Lipinski definition) is 9. The molecule has 0 radical (unpaired) electrons. The number of nitrogens with zero attached hydrogens (tertiary/aromatic N) is 4. The van der Waals surface area contributed by atoms with Crippen molar-refractivity contribution >= 4 is 51.7 Å². The number of benzene rings is 2. The first-order chi connectivity index (χ1) is 20.3. The van der Waals surface area contributed by atoms with E-state index in [4.69, 9.17) is 9.15 Å². The Bertz CT molecular complexity index is 2010. The van der Waals surface area contributed by atoms with Gasteiger partial charge in [0, 0.05) is 42.3 Å². The number of aromatic nitrogens is 2. The predicted octanol–water partition coefficient (Wildman–Crippen LogP) is 5.16. The number of fused-ring (bicyclic) bond motifs is 2. The van der Waals surface area contributed by atoms with Crippen molar-refractivity contribution in [2.75, 3.05) is 25.6 Å². The summed E-state index contributed by atoms with van der Waals surface area (Å²) in [5, 5.41) is 1.74. The van der Waals surface area contributed by atoms with Crippen molar-refractivity contribution in [2.45, 2.75) is 29.9 Å². The Balaban J connectivity index is 1.40. The molecule has 0 unspecified atom stereocenters. The standard InChI is InChI=1S/C32H28N4O4S2/c1-5-39-31(38)27-19(2)34-32-36(29(27)21-11-13-22(14-12-21)35(3)4)30(37)25(42-32)18-23-15-16-26(40-23)41-24-10-6-8-20-9-7-17-33-28(20)24/h6-18,29H,5H2,1-4H3/b25-18-/t29-/m1/s1. The minimum atomic E-state index is -0.666. The number of carbonyl (C=O) groups excluding carboxylic acids is 1.